The van der Waals surface area contributed by atoms with Crippen molar-refractivity contribution in [2.24, 2.45) is 17.4 Å². The summed E-state index contributed by atoms with van der Waals surface area (Å²) in [4.78, 5) is 81.6. The third-order valence-corrected chi connectivity index (χ3v) is 4.55. The Kier molecular flexibility index (Phi) is 12.8. The molecule has 4 unspecified atom stereocenters. The van der Waals surface area contributed by atoms with Crippen molar-refractivity contribution in [3.8, 4) is 0 Å². The second kappa shape index (κ2) is 14.4. The summed E-state index contributed by atoms with van der Waals surface area (Å²) in [5, 5.41) is 33.2. The van der Waals surface area contributed by atoms with E-state index in [1.807, 2.05) is 5.32 Å². The smallest absolute Gasteiger partial charge is 0.326 e. The van der Waals surface area contributed by atoms with Crippen molar-refractivity contribution >= 4 is 41.5 Å². The van der Waals surface area contributed by atoms with Crippen LogP contribution in [0.2, 0.25) is 0 Å². The molecule has 4 amide bonds. The van der Waals surface area contributed by atoms with E-state index in [1.54, 1.807) is 13.8 Å². The van der Waals surface area contributed by atoms with Gasteiger partial charge in [-0.3, -0.25) is 28.8 Å². The van der Waals surface area contributed by atoms with E-state index in [2.05, 4.69) is 10.6 Å². The molecule has 15 nitrogen and oxygen atoms in total. The zero-order valence-corrected chi connectivity index (χ0v) is 18.8. The number of carboxylic acids is 3. The first-order valence-electron chi connectivity index (χ1n) is 10.3. The second-order valence-electron chi connectivity index (χ2n) is 7.83. The number of nitrogens with one attached hydrogen (secondary N) is 3. The van der Waals surface area contributed by atoms with Crippen molar-refractivity contribution in [3.63, 3.8) is 0 Å². The van der Waals surface area contributed by atoms with Gasteiger partial charge in [-0.05, 0) is 18.8 Å². The van der Waals surface area contributed by atoms with Gasteiger partial charge in [-0.25, -0.2) is 4.79 Å². The molecule has 0 aliphatic heterocycles. The summed E-state index contributed by atoms with van der Waals surface area (Å²) in [5.41, 5.74) is 10.7. The molecule has 15 heteroatoms. The van der Waals surface area contributed by atoms with Crippen LogP contribution in [0.5, 0.6) is 0 Å². The largest absolute Gasteiger partial charge is 0.481 e. The fourth-order valence-electron chi connectivity index (χ4n) is 2.67. The minimum absolute atomic E-state index is 0.187. The first-order chi connectivity index (χ1) is 15.6. The number of carboxylic acid groups (broad SMARTS) is 3. The van der Waals surface area contributed by atoms with E-state index in [9.17, 15) is 38.7 Å². The lowest BCUT2D eigenvalue weighted by atomic mass is 10.0. The van der Waals surface area contributed by atoms with Crippen LogP contribution >= 0.6 is 0 Å². The van der Waals surface area contributed by atoms with E-state index in [4.69, 9.17) is 21.7 Å². The molecule has 0 spiro atoms. The number of amides is 4. The molecule has 0 aliphatic carbocycles. The van der Waals surface area contributed by atoms with Gasteiger partial charge in [-0.2, -0.15) is 0 Å². The van der Waals surface area contributed by atoms with Crippen LogP contribution in [0, 0.1) is 5.92 Å². The van der Waals surface area contributed by atoms with Gasteiger partial charge in [0.15, 0.2) is 0 Å². The van der Waals surface area contributed by atoms with Crippen LogP contribution in [0.25, 0.3) is 0 Å². The van der Waals surface area contributed by atoms with E-state index in [-0.39, 0.29) is 12.8 Å². The fraction of sp³-hybridized carbons (Fsp3) is 0.632. The minimum Gasteiger partial charge on any atom is -0.481 e. The molecule has 0 aliphatic rings. The second-order valence-corrected chi connectivity index (χ2v) is 7.83. The van der Waals surface area contributed by atoms with Crippen molar-refractivity contribution in [3.05, 3.63) is 0 Å². The molecule has 10 N–H and O–H groups in total. The molecule has 0 radical (unpaired) electrons. The third-order valence-electron chi connectivity index (χ3n) is 4.55. The Bertz CT molecular complexity index is 800. The molecular formula is C19H31N5O10. The average Bonchev–Trinajstić information content (AvgIpc) is 2.70. The molecule has 0 aromatic carbocycles. The number of hydrogen-bond donors (Lipinski definition) is 8. The Morgan fingerprint density at radius 1 is 0.735 bits per heavy atom. The molecule has 0 aromatic heterocycles. The Morgan fingerprint density at radius 3 is 1.68 bits per heavy atom. The predicted molar refractivity (Wildman–Crippen MR) is 114 cm³/mol. The van der Waals surface area contributed by atoms with Crippen LogP contribution in [-0.4, -0.2) is 81.0 Å². The quantitative estimate of drug-likeness (QED) is 0.109. The highest BCUT2D eigenvalue weighted by atomic mass is 16.4. The molecule has 0 heterocycles. The number of hydrogen-bond acceptors (Lipinski definition) is 8. The van der Waals surface area contributed by atoms with Gasteiger partial charge in [0.25, 0.3) is 0 Å². The number of primary amides is 1. The van der Waals surface area contributed by atoms with Gasteiger partial charge in [0.1, 0.15) is 18.1 Å². The molecule has 0 saturated carbocycles. The maximum absolute atomic E-state index is 12.8. The van der Waals surface area contributed by atoms with Gasteiger partial charge in [-0.15, -0.1) is 0 Å². The molecular weight excluding hydrogens is 458 g/mol. The number of carbonyl (C=O) groups excluding carboxylic acids is 4. The Labute approximate surface area is 194 Å². The van der Waals surface area contributed by atoms with E-state index in [0.29, 0.717) is 0 Å². The molecule has 0 saturated heterocycles. The summed E-state index contributed by atoms with van der Waals surface area (Å²) < 4.78 is 0. The number of aliphatic carboxylic acids is 3. The van der Waals surface area contributed by atoms with Crippen LogP contribution in [0.1, 0.15) is 46.0 Å². The average molecular weight is 489 g/mol. The molecule has 0 bridgehead atoms. The summed E-state index contributed by atoms with van der Waals surface area (Å²) in [6.45, 7) is 3.12. The van der Waals surface area contributed by atoms with Gasteiger partial charge in [0.05, 0.1) is 12.5 Å². The first-order valence-corrected chi connectivity index (χ1v) is 10.3. The summed E-state index contributed by atoms with van der Waals surface area (Å²) in [5.74, 6) is -8.34. The fourth-order valence-corrected chi connectivity index (χ4v) is 2.67. The summed E-state index contributed by atoms with van der Waals surface area (Å²) >= 11 is 0. The maximum Gasteiger partial charge on any atom is 0.326 e. The van der Waals surface area contributed by atoms with Crippen molar-refractivity contribution in [1.29, 1.82) is 0 Å². The summed E-state index contributed by atoms with van der Waals surface area (Å²) in [6, 6.07) is -5.69. The van der Waals surface area contributed by atoms with Crippen molar-refractivity contribution in [1.82, 2.24) is 16.0 Å². The highest BCUT2D eigenvalue weighted by Gasteiger charge is 2.32. The van der Waals surface area contributed by atoms with E-state index < -0.39 is 90.9 Å². The number of carbonyl (C=O) groups is 7. The van der Waals surface area contributed by atoms with Gasteiger partial charge < -0.3 is 42.7 Å². The monoisotopic (exact) mass is 489 g/mol. The Hall–Kier alpha value is -3.75. The molecule has 4 atom stereocenters. The lowest BCUT2D eigenvalue weighted by molar-refractivity contribution is -0.143. The first kappa shape index (κ1) is 30.2. The van der Waals surface area contributed by atoms with Crippen LogP contribution < -0.4 is 27.4 Å². The van der Waals surface area contributed by atoms with Gasteiger partial charge >= 0.3 is 17.9 Å². The minimum atomic E-state index is -1.62. The lowest BCUT2D eigenvalue weighted by Crippen LogP contribution is -2.59. The van der Waals surface area contributed by atoms with Crippen LogP contribution in [0.4, 0.5) is 0 Å². The molecule has 34 heavy (non-hydrogen) atoms. The highest BCUT2D eigenvalue weighted by molar-refractivity contribution is 5.96. The third kappa shape index (κ3) is 11.8. The SMILES string of the molecule is CC(C)C(NC(=O)C(N)CCC(=O)O)C(=O)NC(CC(N)=O)C(=O)NC(CCC(=O)O)C(=O)O. The van der Waals surface area contributed by atoms with Crippen molar-refractivity contribution < 1.29 is 48.9 Å². The zero-order chi connectivity index (χ0) is 26.6. The van der Waals surface area contributed by atoms with Crippen molar-refractivity contribution in [2.45, 2.75) is 70.1 Å². The van der Waals surface area contributed by atoms with Gasteiger partial charge in [0.2, 0.25) is 23.6 Å². The summed E-state index contributed by atoms with van der Waals surface area (Å²) in [7, 11) is 0. The highest BCUT2D eigenvalue weighted by Crippen LogP contribution is 2.06. The topological polar surface area (TPSA) is 268 Å². The molecule has 0 aromatic rings. The van der Waals surface area contributed by atoms with Gasteiger partial charge in [-0.1, -0.05) is 13.8 Å². The molecule has 0 fully saturated rings. The van der Waals surface area contributed by atoms with Gasteiger partial charge in [0, 0.05) is 12.8 Å². The molecule has 192 valence electrons. The number of nitrogens with two attached hydrogens (primary N) is 2. The van der Waals surface area contributed by atoms with Crippen LogP contribution in [-0.2, 0) is 33.6 Å². The summed E-state index contributed by atoms with van der Waals surface area (Å²) in [6.07, 6.45) is -2.28. The normalized spacial score (nSPS) is 14.2. The lowest BCUT2D eigenvalue weighted by Gasteiger charge is -2.26. The van der Waals surface area contributed by atoms with Crippen LogP contribution in [0.15, 0.2) is 0 Å². The van der Waals surface area contributed by atoms with E-state index >= 15 is 0 Å². The van der Waals surface area contributed by atoms with E-state index in [0.717, 1.165) is 0 Å². The van der Waals surface area contributed by atoms with Crippen LogP contribution in [0.3, 0.4) is 0 Å². The zero-order valence-electron chi connectivity index (χ0n) is 18.8. The van der Waals surface area contributed by atoms with Crippen molar-refractivity contribution in [2.75, 3.05) is 0 Å². The molecule has 0 rings (SSSR count). The standard InChI is InChI=1S/C19H31N5O10/c1-8(2)15(24-16(30)9(20)3-5-13(26)27)18(32)23-11(7-12(21)25)17(31)22-10(19(33)34)4-6-14(28)29/h8-11,15H,3-7,20H2,1-2H3,(H2,21,25)(H,22,31)(H,23,32)(H,24,30)(H,26,27)(H,28,29)(H,33,34). The number of rotatable bonds is 16. The van der Waals surface area contributed by atoms with E-state index in [1.165, 1.54) is 0 Å². The Morgan fingerprint density at radius 2 is 1.24 bits per heavy atom. The predicted octanol–water partition coefficient (Wildman–Crippen LogP) is -2.89. The Balaban J connectivity index is 5.43. The maximum atomic E-state index is 12.8.